The zero-order chi connectivity index (χ0) is 17.5. The minimum Gasteiger partial charge on any atom is -0.444 e. The highest BCUT2D eigenvalue weighted by Crippen LogP contribution is 2.11. The molecular formula is C17H27N3O3. The van der Waals surface area contributed by atoms with E-state index in [1.54, 1.807) is 27.0 Å². The fraction of sp³-hybridized carbons (Fsp3) is 0.588. The van der Waals surface area contributed by atoms with E-state index in [0.29, 0.717) is 6.54 Å². The van der Waals surface area contributed by atoms with Crippen molar-refractivity contribution in [2.45, 2.75) is 59.2 Å². The maximum Gasteiger partial charge on any atom is 0.408 e. The van der Waals surface area contributed by atoms with Crippen molar-refractivity contribution in [1.29, 1.82) is 0 Å². The lowest BCUT2D eigenvalue weighted by molar-refractivity contribution is -0.124. The van der Waals surface area contributed by atoms with Gasteiger partial charge in [-0.1, -0.05) is 26.3 Å². The molecule has 1 aromatic heterocycles. The molecule has 0 spiro atoms. The van der Waals surface area contributed by atoms with Gasteiger partial charge in [0.25, 0.3) is 0 Å². The monoisotopic (exact) mass is 321 g/mol. The van der Waals surface area contributed by atoms with Crippen LogP contribution in [0.4, 0.5) is 4.79 Å². The van der Waals surface area contributed by atoms with Gasteiger partial charge in [0, 0.05) is 6.20 Å². The van der Waals surface area contributed by atoms with Crippen LogP contribution in [-0.2, 0) is 16.1 Å². The highest BCUT2D eigenvalue weighted by atomic mass is 16.6. The van der Waals surface area contributed by atoms with E-state index in [9.17, 15) is 9.59 Å². The van der Waals surface area contributed by atoms with Crippen LogP contribution in [0, 0.1) is 5.92 Å². The minimum absolute atomic E-state index is 0.00810. The lowest BCUT2D eigenvalue weighted by Gasteiger charge is -2.26. The first-order valence-corrected chi connectivity index (χ1v) is 7.90. The Hall–Kier alpha value is -2.11. The third kappa shape index (κ3) is 7.13. The van der Waals surface area contributed by atoms with Gasteiger partial charge in [0.15, 0.2) is 0 Å². The van der Waals surface area contributed by atoms with Crippen LogP contribution < -0.4 is 10.6 Å². The SMILES string of the molecule is CCC(C)C(NC(=O)OC(C)(C)C)C(=O)NCc1ccccn1. The molecule has 2 atom stereocenters. The second-order valence-corrected chi connectivity index (χ2v) is 6.55. The molecular weight excluding hydrogens is 294 g/mol. The maximum atomic E-state index is 12.4. The topological polar surface area (TPSA) is 80.3 Å². The van der Waals surface area contributed by atoms with Crippen molar-refractivity contribution in [3.8, 4) is 0 Å². The van der Waals surface area contributed by atoms with Crippen molar-refractivity contribution in [1.82, 2.24) is 15.6 Å². The lowest BCUT2D eigenvalue weighted by atomic mass is 9.98. The second-order valence-electron chi connectivity index (χ2n) is 6.55. The third-order valence-corrected chi connectivity index (χ3v) is 3.34. The summed E-state index contributed by atoms with van der Waals surface area (Å²) < 4.78 is 5.23. The van der Waals surface area contributed by atoms with E-state index < -0.39 is 17.7 Å². The van der Waals surface area contributed by atoms with E-state index in [0.717, 1.165) is 12.1 Å². The van der Waals surface area contributed by atoms with Gasteiger partial charge in [0.05, 0.1) is 12.2 Å². The van der Waals surface area contributed by atoms with Crippen LogP contribution in [0.25, 0.3) is 0 Å². The van der Waals surface area contributed by atoms with Crippen LogP contribution >= 0.6 is 0 Å². The Balaban J connectivity index is 2.65. The molecule has 0 bridgehead atoms. The number of carbonyl (C=O) groups is 2. The van der Waals surface area contributed by atoms with Gasteiger partial charge in [-0.15, -0.1) is 0 Å². The fourth-order valence-corrected chi connectivity index (χ4v) is 1.93. The van der Waals surface area contributed by atoms with E-state index in [1.807, 2.05) is 32.0 Å². The molecule has 0 fully saturated rings. The number of carbonyl (C=O) groups excluding carboxylic acids is 2. The number of amides is 2. The summed E-state index contributed by atoms with van der Waals surface area (Å²) in [5.41, 5.74) is 0.162. The zero-order valence-corrected chi connectivity index (χ0v) is 14.6. The Morgan fingerprint density at radius 1 is 1.30 bits per heavy atom. The summed E-state index contributed by atoms with van der Waals surface area (Å²) in [4.78, 5) is 28.5. The van der Waals surface area contributed by atoms with Crippen molar-refractivity contribution in [3.05, 3.63) is 30.1 Å². The summed E-state index contributed by atoms with van der Waals surface area (Å²) in [6.07, 6.45) is 1.85. The molecule has 0 aliphatic heterocycles. The van der Waals surface area contributed by atoms with Crippen molar-refractivity contribution < 1.29 is 14.3 Å². The van der Waals surface area contributed by atoms with Gasteiger partial charge in [0.2, 0.25) is 5.91 Å². The van der Waals surface area contributed by atoms with Gasteiger partial charge >= 0.3 is 6.09 Å². The Kier molecular flexibility index (Phi) is 7.00. The average Bonchev–Trinajstić information content (AvgIpc) is 2.49. The molecule has 2 unspecified atom stereocenters. The maximum absolute atomic E-state index is 12.4. The van der Waals surface area contributed by atoms with E-state index >= 15 is 0 Å². The van der Waals surface area contributed by atoms with Gasteiger partial charge in [-0.25, -0.2) is 4.79 Å². The molecule has 1 aromatic rings. The number of pyridine rings is 1. The van der Waals surface area contributed by atoms with E-state index in [2.05, 4.69) is 15.6 Å². The molecule has 2 N–H and O–H groups in total. The number of aromatic nitrogens is 1. The van der Waals surface area contributed by atoms with Crippen LogP contribution in [-0.4, -0.2) is 28.6 Å². The second kappa shape index (κ2) is 8.50. The summed E-state index contributed by atoms with van der Waals surface area (Å²) >= 11 is 0. The molecule has 0 radical (unpaired) electrons. The molecule has 23 heavy (non-hydrogen) atoms. The molecule has 6 nitrogen and oxygen atoms in total. The van der Waals surface area contributed by atoms with Gasteiger partial charge in [-0.2, -0.15) is 0 Å². The van der Waals surface area contributed by atoms with E-state index in [4.69, 9.17) is 4.74 Å². The summed E-state index contributed by atoms with van der Waals surface area (Å²) in [5, 5.41) is 5.48. The first-order chi connectivity index (χ1) is 10.7. The predicted octanol–water partition coefficient (Wildman–Crippen LogP) is 2.64. The number of nitrogens with zero attached hydrogens (tertiary/aromatic N) is 1. The third-order valence-electron chi connectivity index (χ3n) is 3.34. The minimum atomic E-state index is -0.640. The number of ether oxygens (including phenoxy) is 1. The first kappa shape index (κ1) is 18.9. The molecule has 6 heteroatoms. The number of nitrogens with one attached hydrogen (secondary N) is 2. The average molecular weight is 321 g/mol. The number of hydrogen-bond donors (Lipinski definition) is 2. The smallest absolute Gasteiger partial charge is 0.408 e. The van der Waals surface area contributed by atoms with Crippen LogP contribution in [0.2, 0.25) is 0 Å². The Morgan fingerprint density at radius 2 is 2.00 bits per heavy atom. The van der Waals surface area contributed by atoms with E-state index in [-0.39, 0.29) is 11.8 Å². The summed E-state index contributed by atoms with van der Waals surface area (Å²) in [7, 11) is 0. The summed E-state index contributed by atoms with van der Waals surface area (Å²) in [6.45, 7) is 9.56. The molecule has 0 aromatic carbocycles. The van der Waals surface area contributed by atoms with Gasteiger partial charge in [-0.05, 0) is 38.8 Å². The molecule has 2 amide bonds. The largest absolute Gasteiger partial charge is 0.444 e. The van der Waals surface area contributed by atoms with Crippen molar-refractivity contribution in [2.24, 2.45) is 5.92 Å². The Labute approximate surface area is 138 Å². The van der Waals surface area contributed by atoms with Gasteiger partial charge in [-0.3, -0.25) is 9.78 Å². The first-order valence-electron chi connectivity index (χ1n) is 7.90. The van der Waals surface area contributed by atoms with Crippen LogP contribution in [0.15, 0.2) is 24.4 Å². The molecule has 1 heterocycles. The zero-order valence-electron chi connectivity index (χ0n) is 14.6. The summed E-state index contributed by atoms with van der Waals surface area (Å²) in [5.74, 6) is -0.248. The molecule has 1 rings (SSSR count). The van der Waals surface area contributed by atoms with E-state index in [1.165, 1.54) is 0 Å². The highest BCUT2D eigenvalue weighted by molar-refractivity contribution is 5.85. The molecule has 0 saturated heterocycles. The molecule has 0 aliphatic carbocycles. The van der Waals surface area contributed by atoms with Gasteiger partial charge in [0.1, 0.15) is 11.6 Å². The van der Waals surface area contributed by atoms with Gasteiger partial charge < -0.3 is 15.4 Å². The predicted molar refractivity (Wildman–Crippen MR) is 88.7 cm³/mol. The Bertz CT molecular complexity index is 512. The molecule has 0 saturated carbocycles. The highest BCUT2D eigenvalue weighted by Gasteiger charge is 2.28. The van der Waals surface area contributed by atoms with Crippen molar-refractivity contribution in [3.63, 3.8) is 0 Å². The number of alkyl carbamates (subject to hydrolysis) is 1. The Morgan fingerprint density at radius 3 is 2.52 bits per heavy atom. The molecule has 0 aliphatic rings. The van der Waals surface area contributed by atoms with Crippen LogP contribution in [0.1, 0.15) is 46.7 Å². The standard InChI is InChI=1S/C17H27N3O3/c1-6-12(2)14(20-16(22)23-17(3,4)5)15(21)19-11-13-9-7-8-10-18-13/h7-10,12,14H,6,11H2,1-5H3,(H,19,21)(H,20,22). The summed E-state index contributed by atoms with van der Waals surface area (Å²) in [6, 6.07) is 4.87. The normalized spacial score (nSPS) is 13.8. The van der Waals surface area contributed by atoms with Crippen molar-refractivity contribution >= 4 is 12.0 Å². The van der Waals surface area contributed by atoms with Crippen molar-refractivity contribution in [2.75, 3.05) is 0 Å². The number of rotatable bonds is 6. The molecule has 128 valence electrons. The fourth-order valence-electron chi connectivity index (χ4n) is 1.93. The lowest BCUT2D eigenvalue weighted by Crippen LogP contribution is -2.51. The quantitative estimate of drug-likeness (QED) is 0.844. The number of hydrogen-bond acceptors (Lipinski definition) is 4. The van der Waals surface area contributed by atoms with Crippen LogP contribution in [0.3, 0.4) is 0 Å². The van der Waals surface area contributed by atoms with Crippen LogP contribution in [0.5, 0.6) is 0 Å².